The van der Waals surface area contributed by atoms with Crippen LogP contribution >= 0.6 is 11.3 Å². The summed E-state index contributed by atoms with van der Waals surface area (Å²) in [5, 5.41) is 18.2. The summed E-state index contributed by atoms with van der Waals surface area (Å²) < 4.78 is 0. The number of aliphatic hydroxyl groups excluding tert-OH is 1. The summed E-state index contributed by atoms with van der Waals surface area (Å²) >= 11 is 1.62. The van der Waals surface area contributed by atoms with Gasteiger partial charge in [0, 0.05) is 30.6 Å². The van der Waals surface area contributed by atoms with Gasteiger partial charge in [-0.2, -0.15) is 0 Å². The van der Waals surface area contributed by atoms with Crippen LogP contribution in [0.1, 0.15) is 17.1 Å². The maximum absolute atomic E-state index is 11.7. The highest BCUT2D eigenvalue weighted by Crippen LogP contribution is 2.09. The number of aliphatic hydroxyl groups is 1. The van der Waals surface area contributed by atoms with E-state index >= 15 is 0 Å². The molecule has 1 aromatic heterocycles. The van der Waals surface area contributed by atoms with E-state index in [1.165, 1.54) is 0 Å². The predicted molar refractivity (Wildman–Crippen MR) is 66.0 cm³/mol. The molecule has 1 saturated heterocycles. The average molecular weight is 255 g/mol. The number of nitrogens with zero attached hydrogens (tertiary/aromatic N) is 1. The van der Waals surface area contributed by atoms with Gasteiger partial charge in [0.05, 0.1) is 17.2 Å². The van der Waals surface area contributed by atoms with Gasteiger partial charge in [-0.3, -0.25) is 4.79 Å². The molecule has 5 nitrogen and oxygen atoms in total. The molecule has 3 N–H and O–H groups in total. The number of carbonyl (C=O) groups is 1. The summed E-state index contributed by atoms with van der Waals surface area (Å²) in [6.45, 7) is 3.06. The number of β-amino-alcohol motifs (C(OH)–C–C–N with tert-alkyl or cyclic N) is 1. The maximum atomic E-state index is 11.7. The van der Waals surface area contributed by atoms with Crippen LogP contribution in [0.4, 0.5) is 0 Å². The van der Waals surface area contributed by atoms with Crippen LogP contribution < -0.4 is 10.6 Å². The molecule has 94 valence electrons. The van der Waals surface area contributed by atoms with Crippen molar-refractivity contribution in [2.75, 3.05) is 13.1 Å². The largest absolute Gasteiger partial charge is 0.392 e. The van der Waals surface area contributed by atoms with Crippen molar-refractivity contribution in [2.45, 2.75) is 31.9 Å². The quantitative estimate of drug-likeness (QED) is 0.698. The number of aromatic nitrogens is 1. The summed E-state index contributed by atoms with van der Waals surface area (Å²) in [5.74, 6) is -0.0326. The predicted octanol–water partition coefficient (Wildman–Crippen LogP) is -0.167. The number of hydrogen-bond acceptors (Lipinski definition) is 5. The Bertz CT molecular complexity index is 394. The normalized spacial score (nSPS) is 23.9. The summed E-state index contributed by atoms with van der Waals surface area (Å²) in [7, 11) is 0. The van der Waals surface area contributed by atoms with E-state index in [9.17, 15) is 9.90 Å². The minimum absolute atomic E-state index is 0.0326. The zero-order chi connectivity index (χ0) is 12.3. The van der Waals surface area contributed by atoms with Crippen LogP contribution in [0.5, 0.6) is 0 Å². The van der Waals surface area contributed by atoms with Gasteiger partial charge < -0.3 is 15.7 Å². The Morgan fingerprint density at radius 3 is 3.18 bits per heavy atom. The zero-order valence-electron chi connectivity index (χ0n) is 9.77. The Morgan fingerprint density at radius 1 is 1.76 bits per heavy atom. The lowest BCUT2D eigenvalue weighted by atomic mass is 10.2. The number of thiazole rings is 1. The van der Waals surface area contributed by atoms with Crippen LogP contribution in [0.25, 0.3) is 0 Å². The Balaban J connectivity index is 1.70. The van der Waals surface area contributed by atoms with Crippen molar-refractivity contribution in [1.29, 1.82) is 0 Å². The van der Waals surface area contributed by atoms with Crippen LogP contribution in [0, 0.1) is 6.92 Å². The Morgan fingerprint density at radius 2 is 2.59 bits per heavy atom. The SMILES string of the molecule is Cc1csc(CCNC(=O)C2CC(O)CN2)n1. The minimum Gasteiger partial charge on any atom is -0.392 e. The van der Waals surface area contributed by atoms with Crippen molar-refractivity contribution in [3.63, 3.8) is 0 Å². The van der Waals surface area contributed by atoms with Crippen LogP contribution in [0.15, 0.2) is 5.38 Å². The van der Waals surface area contributed by atoms with Crippen LogP contribution in [-0.2, 0) is 11.2 Å². The molecule has 17 heavy (non-hydrogen) atoms. The molecule has 0 radical (unpaired) electrons. The minimum atomic E-state index is -0.396. The first-order valence-corrected chi connectivity index (χ1v) is 6.63. The fourth-order valence-electron chi connectivity index (χ4n) is 1.85. The molecule has 0 bridgehead atoms. The molecule has 6 heteroatoms. The van der Waals surface area contributed by atoms with Crippen molar-refractivity contribution >= 4 is 17.2 Å². The molecule has 1 fully saturated rings. The van der Waals surface area contributed by atoms with Crippen LogP contribution in [-0.4, -0.2) is 41.2 Å². The summed E-state index contributed by atoms with van der Waals surface area (Å²) in [4.78, 5) is 16.0. The molecule has 0 spiro atoms. The first kappa shape index (κ1) is 12.5. The standard InChI is InChI=1S/C11H17N3O2S/c1-7-6-17-10(14-7)2-3-12-11(16)9-4-8(15)5-13-9/h6,8-9,13,15H,2-5H2,1H3,(H,12,16). The van der Waals surface area contributed by atoms with Gasteiger partial charge in [0.25, 0.3) is 0 Å². The molecule has 2 atom stereocenters. The van der Waals surface area contributed by atoms with Gasteiger partial charge in [0.15, 0.2) is 0 Å². The smallest absolute Gasteiger partial charge is 0.237 e. The first-order valence-electron chi connectivity index (χ1n) is 5.75. The Hall–Kier alpha value is -0.980. The third-order valence-corrected chi connectivity index (χ3v) is 3.76. The molecular formula is C11H17N3O2S. The second-order valence-corrected chi connectivity index (χ2v) is 5.22. The molecule has 2 heterocycles. The third-order valence-electron chi connectivity index (χ3n) is 2.73. The second-order valence-electron chi connectivity index (χ2n) is 4.27. The Labute approximate surface area is 104 Å². The number of hydrogen-bond donors (Lipinski definition) is 3. The lowest BCUT2D eigenvalue weighted by molar-refractivity contribution is -0.122. The summed E-state index contributed by atoms with van der Waals surface area (Å²) in [6.07, 6.45) is 0.870. The summed E-state index contributed by atoms with van der Waals surface area (Å²) in [6, 6.07) is -0.247. The van der Waals surface area contributed by atoms with Crippen LogP contribution in [0.2, 0.25) is 0 Å². The van der Waals surface area contributed by atoms with Gasteiger partial charge >= 0.3 is 0 Å². The maximum Gasteiger partial charge on any atom is 0.237 e. The first-order chi connectivity index (χ1) is 8.15. The van der Waals surface area contributed by atoms with E-state index in [1.807, 2.05) is 12.3 Å². The molecule has 1 aliphatic heterocycles. The van der Waals surface area contributed by atoms with Crippen LogP contribution in [0.3, 0.4) is 0 Å². The van der Waals surface area contributed by atoms with E-state index in [-0.39, 0.29) is 11.9 Å². The molecule has 1 aromatic rings. The highest BCUT2D eigenvalue weighted by atomic mass is 32.1. The van der Waals surface area contributed by atoms with E-state index < -0.39 is 6.10 Å². The monoisotopic (exact) mass is 255 g/mol. The molecule has 0 aliphatic carbocycles. The fourth-order valence-corrected chi connectivity index (χ4v) is 2.63. The van der Waals surface area contributed by atoms with E-state index in [2.05, 4.69) is 15.6 Å². The lowest BCUT2D eigenvalue weighted by Crippen LogP contribution is -2.41. The van der Waals surface area contributed by atoms with Crippen molar-refractivity contribution < 1.29 is 9.90 Å². The number of carbonyl (C=O) groups excluding carboxylic acids is 1. The van der Waals surface area contributed by atoms with E-state index in [0.717, 1.165) is 17.1 Å². The number of nitrogens with one attached hydrogen (secondary N) is 2. The van der Waals surface area contributed by atoms with E-state index in [1.54, 1.807) is 11.3 Å². The molecule has 0 aromatic carbocycles. The zero-order valence-corrected chi connectivity index (χ0v) is 10.6. The number of rotatable bonds is 4. The lowest BCUT2D eigenvalue weighted by Gasteiger charge is -2.10. The van der Waals surface area contributed by atoms with Crippen molar-refractivity contribution in [1.82, 2.24) is 15.6 Å². The van der Waals surface area contributed by atoms with Crippen molar-refractivity contribution in [2.24, 2.45) is 0 Å². The van der Waals surface area contributed by atoms with Gasteiger partial charge in [-0.15, -0.1) is 11.3 Å². The van der Waals surface area contributed by atoms with Gasteiger partial charge in [-0.05, 0) is 13.3 Å². The van der Waals surface area contributed by atoms with Gasteiger partial charge in [0.2, 0.25) is 5.91 Å². The molecule has 0 saturated carbocycles. The number of amides is 1. The average Bonchev–Trinajstić information content (AvgIpc) is 2.88. The molecular weight excluding hydrogens is 238 g/mol. The molecule has 2 unspecified atom stereocenters. The van der Waals surface area contributed by atoms with Gasteiger partial charge in [-0.25, -0.2) is 4.98 Å². The highest BCUT2D eigenvalue weighted by Gasteiger charge is 2.27. The topological polar surface area (TPSA) is 74.2 Å². The molecule has 2 rings (SSSR count). The van der Waals surface area contributed by atoms with Crippen molar-refractivity contribution in [3.05, 3.63) is 16.1 Å². The van der Waals surface area contributed by atoms with Gasteiger partial charge in [-0.1, -0.05) is 0 Å². The van der Waals surface area contributed by atoms with Gasteiger partial charge in [0.1, 0.15) is 0 Å². The van der Waals surface area contributed by atoms with E-state index in [0.29, 0.717) is 19.5 Å². The van der Waals surface area contributed by atoms with Crippen molar-refractivity contribution in [3.8, 4) is 0 Å². The Kier molecular flexibility index (Phi) is 4.09. The molecule has 1 aliphatic rings. The summed E-state index contributed by atoms with van der Waals surface area (Å²) in [5.41, 5.74) is 1.02. The van der Waals surface area contributed by atoms with E-state index in [4.69, 9.17) is 0 Å². The fraction of sp³-hybridized carbons (Fsp3) is 0.636. The highest BCUT2D eigenvalue weighted by molar-refractivity contribution is 7.09. The molecule has 1 amide bonds. The number of aryl methyl sites for hydroxylation is 1. The third kappa shape index (κ3) is 3.49. The second kappa shape index (κ2) is 5.57.